The highest BCUT2D eigenvalue weighted by molar-refractivity contribution is 5.94. The Morgan fingerprint density at radius 2 is 1.73 bits per heavy atom. The van der Waals surface area contributed by atoms with Crippen LogP contribution in [0.15, 0.2) is 42.0 Å². The van der Waals surface area contributed by atoms with Gasteiger partial charge in [-0.3, -0.25) is 9.59 Å². The van der Waals surface area contributed by atoms with Gasteiger partial charge in [-0.1, -0.05) is 37.6 Å². The molecule has 176 valence electrons. The molecule has 0 spiro atoms. The van der Waals surface area contributed by atoms with Gasteiger partial charge in [0.15, 0.2) is 12.4 Å². The molecule has 5 rings (SSSR count). The number of benzene rings is 1. The van der Waals surface area contributed by atoms with Crippen LogP contribution in [-0.4, -0.2) is 34.9 Å². The zero-order valence-electron chi connectivity index (χ0n) is 19.6. The van der Waals surface area contributed by atoms with E-state index in [2.05, 4.69) is 13.8 Å². The molecule has 0 unspecified atom stereocenters. The molecule has 0 heterocycles. The van der Waals surface area contributed by atoms with Crippen molar-refractivity contribution in [2.24, 2.45) is 28.6 Å². The fourth-order valence-corrected chi connectivity index (χ4v) is 7.94. The van der Waals surface area contributed by atoms with Crippen LogP contribution in [0, 0.1) is 28.6 Å². The summed E-state index contributed by atoms with van der Waals surface area (Å²) in [6, 6.07) is 8.62. The van der Waals surface area contributed by atoms with Gasteiger partial charge >= 0.3 is 5.97 Å². The standard InChI is InChI=1S/C28H34O5/c1-26-13-10-20(29)16-19(26)8-9-21-22(26)11-14-27(2)23(21)12-15-28(27,32)24(30)17-33-25(31)18-6-4-3-5-7-18/h3-7,16,21-23,32H,8-15,17H2,1-2H3/t21-,22+,23+,26+,27+,28+/m1/s1. The highest BCUT2D eigenvalue weighted by Crippen LogP contribution is 2.67. The first-order valence-corrected chi connectivity index (χ1v) is 12.4. The number of hydrogen-bond donors (Lipinski definition) is 1. The average molecular weight is 451 g/mol. The van der Waals surface area contributed by atoms with Crippen molar-refractivity contribution >= 4 is 17.5 Å². The number of ether oxygens (including phenoxy) is 1. The molecule has 1 aromatic rings. The molecule has 4 aliphatic carbocycles. The van der Waals surface area contributed by atoms with Crippen LogP contribution in [0.1, 0.15) is 75.6 Å². The Kier molecular flexibility index (Phi) is 5.39. The number of fused-ring (bicyclic) bond motifs is 5. The quantitative estimate of drug-likeness (QED) is 0.674. The van der Waals surface area contributed by atoms with Crippen molar-refractivity contribution in [1.29, 1.82) is 0 Å². The summed E-state index contributed by atoms with van der Waals surface area (Å²) in [5.41, 5.74) is -0.181. The second-order valence-electron chi connectivity index (χ2n) is 11.2. The summed E-state index contributed by atoms with van der Waals surface area (Å²) in [5, 5.41) is 11.7. The Hall–Kier alpha value is -2.27. The molecule has 1 N–H and O–H groups in total. The van der Waals surface area contributed by atoms with Gasteiger partial charge in [0.2, 0.25) is 5.78 Å². The van der Waals surface area contributed by atoms with Crippen molar-refractivity contribution in [1.82, 2.24) is 0 Å². The van der Waals surface area contributed by atoms with Crippen LogP contribution < -0.4 is 0 Å². The third kappa shape index (κ3) is 3.34. The molecular formula is C28H34O5. The molecule has 6 atom stereocenters. The number of aliphatic hydroxyl groups is 1. The van der Waals surface area contributed by atoms with Crippen molar-refractivity contribution in [3.05, 3.63) is 47.5 Å². The predicted molar refractivity (Wildman–Crippen MR) is 123 cm³/mol. The minimum atomic E-state index is -1.46. The van der Waals surface area contributed by atoms with E-state index in [4.69, 9.17) is 4.74 Å². The van der Waals surface area contributed by atoms with Gasteiger partial charge < -0.3 is 9.84 Å². The lowest BCUT2D eigenvalue weighted by atomic mass is 9.46. The maximum Gasteiger partial charge on any atom is 0.338 e. The Bertz CT molecular complexity index is 1010. The summed E-state index contributed by atoms with van der Waals surface area (Å²) in [4.78, 5) is 37.6. The lowest BCUT2D eigenvalue weighted by Crippen LogP contribution is -2.58. The number of esters is 1. The fraction of sp³-hybridized carbons (Fsp3) is 0.607. The van der Waals surface area contributed by atoms with Crippen molar-refractivity contribution in [3.63, 3.8) is 0 Å². The fourth-order valence-electron chi connectivity index (χ4n) is 7.94. The first kappa shape index (κ1) is 22.5. The molecule has 1 aromatic carbocycles. The lowest BCUT2D eigenvalue weighted by Gasteiger charge is -2.58. The zero-order chi connectivity index (χ0) is 23.4. The Balaban J connectivity index is 1.33. The monoisotopic (exact) mass is 450 g/mol. The Morgan fingerprint density at radius 1 is 1.00 bits per heavy atom. The summed E-state index contributed by atoms with van der Waals surface area (Å²) < 4.78 is 5.31. The maximum absolute atomic E-state index is 13.3. The molecule has 3 saturated carbocycles. The summed E-state index contributed by atoms with van der Waals surface area (Å²) in [5.74, 6) is 0.562. The van der Waals surface area contributed by atoms with Gasteiger partial charge in [-0.15, -0.1) is 0 Å². The van der Waals surface area contributed by atoms with Gasteiger partial charge in [0.05, 0.1) is 5.56 Å². The zero-order valence-corrected chi connectivity index (χ0v) is 19.6. The highest BCUT2D eigenvalue weighted by atomic mass is 16.5. The first-order valence-electron chi connectivity index (χ1n) is 12.4. The third-order valence-corrected chi connectivity index (χ3v) is 9.92. The Labute approximate surface area is 195 Å². The van der Waals surface area contributed by atoms with E-state index in [1.54, 1.807) is 24.3 Å². The van der Waals surface area contributed by atoms with Gasteiger partial charge in [-0.2, -0.15) is 0 Å². The van der Waals surface area contributed by atoms with Crippen LogP contribution in [0.25, 0.3) is 0 Å². The number of hydrogen-bond acceptors (Lipinski definition) is 5. The summed E-state index contributed by atoms with van der Waals surface area (Å²) >= 11 is 0. The van der Waals surface area contributed by atoms with Crippen LogP contribution in [0.5, 0.6) is 0 Å². The van der Waals surface area contributed by atoms with Crippen molar-refractivity contribution < 1.29 is 24.2 Å². The van der Waals surface area contributed by atoms with Gasteiger partial charge in [-0.25, -0.2) is 4.79 Å². The average Bonchev–Trinajstić information content (AvgIpc) is 3.10. The predicted octanol–water partition coefficient (Wildman–Crippen LogP) is 4.68. The van der Waals surface area contributed by atoms with Crippen LogP contribution >= 0.6 is 0 Å². The number of allylic oxidation sites excluding steroid dienone is 1. The van der Waals surface area contributed by atoms with E-state index in [0.717, 1.165) is 38.5 Å². The van der Waals surface area contributed by atoms with E-state index < -0.39 is 23.6 Å². The van der Waals surface area contributed by atoms with E-state index in [1.807, 2.05) is 12.1 Å². The van der Waals surface area contributed by atoms with Crippen LogP contribution in [0.4, 0.5) is 0 Å². The number of rotatable bonds is 4. The normalized spacial score (nSPS) is 39.7. The van der Waals surface area contributed by atoms with Crippen molar-refractivity contribution in [2.75, 3.05) is 6.61 Å². The first-order chi connectivity index (χ1) is 15.7. The molecule has 5 nitrogen and oxygen atoms in total. The second kappa shape index (κ2) is 7.90. The molecule has 0 bridgehead atoms. The van der Waals surface area contributed by atoms with Crippen LogP contribution in [-0.2, 0) is 14.3 Å². The van der Waals surface area contributed by atoms with Crippen molar-refractivity contribution in [2.45, 2.75) is 70.8 Å². The van der Waals surface area contributed by atoms with Crippen LogP contribution in [0.3, 0.4) is 0 Å². The molecule has 3 fully saturated rings. The maximum atomic E-state index is 13.3. The van der Waals surface area contributed by atoms with E-state index in [0.29, 0.717) is 30.2 Å². The van der Waals surface area contributed by atoms with E-state index in [1.165, 1.54) is 5.57 Å². The van der Waals surface area contributed by atoms with Gasteiger partial charge in [0.25, 0.3) is 0 Å². The molecule has 4 aliphatic rings. The second-order valence-corrected chi connectivity index (χ2v) is 11.2. The molecule has 0 aliphatic heterocycles. The van der Waals surface area contributed by atoms with Crippen LogP contribution in [0.2, 0.25) is 0 Å². The topological polar surface area (TPSA) is 80.7 Å². The van der Waals surface area contributed by atoms with Gasteiger partial charge in [-0.05, 0) is 86.3 Å². The third-order valence-electron chi connectivity index (χ3n) is 9.92. The van der Waals surface area contributed by atoms with Gasteiger partial charge in [0.1, 0.15) is 5.60 Å². The summed E-state index contributed by atoms with van der Waals surface area (Å²) in [6.45, 7) is 4.02. The molecule has 0 amide bonds. The van der Waals surface area contributed by atoms with E-state index >= 15 is 0 Å². The Morgan fingerprint density at radius 3 is 2.48 bits per heavy atom. The van der Waals surface area contributed by atoms with E-state index in [9.17, 15) is 19.5 Å². The molecule has 33 heavy (non-hydrogen) atoms. The number of carbonyl (C=O) groups is 3. The summed E-state index contributed by atoms with van der Waals surface area (Å²) in [6.07, 6.45) is 8.40. The van der Waals surface area contributed by atoms with E-state index in [-0.39, 0.29) is 22.9 Å². The minimum absolute atomic E-state index is 0.0636. The molecule has 0 saturated heterocycles. The number of ketones is 2. The highest BCUT2D eigenvalue weighted by Gasteiger charge is 2.66. The molecular weight excluding hydrogens is 416 g/mol. The van der Waals surface area contributed by atoms with Crippen molar-refractivity contribution in [3.8, 4) is 0 Å². The number of Topliss-reactive ketones (excluding diaryl/α,β-unsaturated/α-hetero) is 1. The minimum Gasteiger partial charge on any atom is -0.454 e. The lowest BCUT2D eigenvalue weighted by molar-refractivity contribution is -0.164. The molecule has 0 aromatic heterocycles. The summed E-state index contributed by atoms with van der Waals surface area (Å²) in [7, 11) is 0. The van der Waals surface area contributed by atoms with Gasteiger partial charge in [0, 0.05) is 11.8 Å². The number of carbonyl (C=O) groups excluding carboxylic acids is 3. The molecule has 0 radical (unpaired) electrons. The largest absolute Gasteiger partial charge is 0.454 e. The molecule has 5 heteroatoms. The smallest absolute Gasteiger partial charge is 0.338 e. The SMILES string of the molecule is C[C@]12CCC(=O)C=C1CC[C@@H]1[C@@H]2CC[C@@]2(C)[C@H]1CC[C@]2(O)C(=O)COC(=O)c1ccccc1.